The van der Waals surface area contributed by atoms with Crippen LogP contribution in [0.15, 0.2) is 18.3 Å². The monoisotopic (exact) mass is 399 g/mol. The lowest BCUT2D eigenvalue weighted by molar-refractivity contribution is -0.0366. The fourth-order valence-corrected chi connectivity index (χ4v) is 3.82. The van der Waals surface area contributed by atoms with Gasteiger partial charge in [0.05, 0.1) is 28.1 Å². The van der Waals surface area contributed by atoms with Crippen LogP contribution in [-0.4, -0.2) is 21.4 Å². The normalized spacial score (nSPS) is 16.9. The molecule has 3 aromatic rings. The van der Waals surface area contributed by atoms with Crippen molar-refractivity contribution in [1.82, 2.24) is 14.8 Å². The summed E-state index contributed by atoms with van der Waals surface area (Å²) in [5.41, 5.74) is 2.71. The van der Waals surface area contributed by atoms with Crippen molar-refractivity contribution >= 4 is 33.9 Å². The fourth-order valence-electron chi connectivity index (χ4n) is 3.52. The molecule has 4 rings (SSSR count). The van der Waals surface area contributed by atoms with Gasteiger partial charge in [0.25, 0.3) is 0 Å². The molecule has 1 unspecified atom stereocenters. The van der Waals surface area contributed by atoms with E-state index in [0.717, 1.165) is 24.6 Å². The van der Waals surface area contributed by atoms with Crippen molar-refractivity contribution < 1.29 is 9.13 Å². The summed E-state index contributed by atoms with van der Waals surface area (Å²) in [5.74, 6) is -0.373. The Hall–Kier alpha value is -2.69. The number of halogens is 2. The van der Waals surface area contributed by atoms with Crippen LogP contribution in [0.3, 0.4) is 0 Å². The Labute approximate surface area is 166 Å². The number of nitriles is 1. The summed E-state index contributed by atoms with van der Waals surface area (Å²) in [5, 5.41) is 18.1. The maximum atomic E-state index is 14.7. The quantitative estimate of drug-likeness (QED) is 0.658. The number of rotatable bonds is 3. The van der Waals surface area contributed by atoms with Crippen molar-refractivity contribution in [2.24, 2.45) is 0 Å². The van der Waals surface area contributed by atoms with Gasteiger partial charge >= 0.3 is 0 Å². The third-order valence-corrected chi connectivity index (χ3v) is 5.28. The van der Waals surface area contributed by atoms with Crippen LogP contribution >= 0.6 is 11.6 Å². The van der Waals surface area contributed by atoms with Gasteiger partial charge < -0.3 is 10.1 Å². The Kier molecular flexibility index (Phi) is 4.92. The van der Waals surface area contributed by atoms with Crippen molar-refractivity contribution in [3.8, 4) is 6.07 Å². The van der Waals surface area contributed by atoms with Crippen LogP contribution in [0, 0.1) is 31.0 Å². The number of fused-ring (bicyclic) bond motifs is 1. The third-order valence-electron chi connectivity index (χ3n) is 4.98. The smallest absolute Gasteiger partial charge is 0.165 e. The van der Waals surface area contributed by atoms with Gasteiger partial charge in [-0.05, 0) is 39.2 Å². The van der Waals surface area contributed by atoms with E-state index >= 15 is 0 Å². The molecule has 1 saturated heterocycles. The standard InChI is InChI=1S/C20H19ClFN5O/c1-11-7-14(21)20(16(9-23)25-11)26-19-12(2)15(22)8-17-13(19)10-24-27(17)18-5-3-4-6-28-18/h7-8,10,18,26H,3-6H2,1-2H3. The number of ether oxygens (including phenoxy) is 1. The molecule has 144 valence electrons. The van der Waals surface area contributed by atoms with E-state index < -0.39 is 0 Å². The first-order chi connectivity index (χ1) is 13.5. The summed E-state index contributed by atoms with van der Waals surface area (Å²) in [7, 11) is 0. The molecule has 0 radical (unpaired) electrons. The minimum Gasteiger partial charge on any atom is -0.356 e. The van der Waals surface area contributed by atoms with Gasteiger partial charge in [0.15, 0.2) is 11.9 Å². The molecule has 3 heterocycles. The molecule has 1 aliphatic heterocycles. The van der Waals surface area contributed by atoms with Crippen molar-refractivity contribution in [3.63, 3.8) is 0 Å². The number of nitrogens with zero attached hydrogens (tertiary/aromatic N) is 4. The molecule has 28 heavy (non-hydrogen) atoms. The third kappa shape index (κ3) is 3.19. The predicted octanol–water partition coefficient (Wildman–Crippen LogP) is 5.16. The Morgan fingerprint density at radius 2 is 2.14 bits per heavy atom. The van der Waals surface area contributed by atoms with Crippen LogP contribution in [0.25, 0.3) is 10.9 Å². The van der Waals surface area contributed by atoms with E-state index in [1.54, 1.807) is 30.8 Å². The van der Waals surface area contributed by atoms with E-state index in [9.17, 15) is 9.65 Å². The van der Waals surface area contributed by atoms with Gasteiger partial charge in [0, 0.05) is 29.3 Å². The molecule has 1 atom stereocenters. The topological polar surface area (TPSA) is 75.8 Å². The van der Waals surface area contributed by atoms with Crippen LogP contribution in [0.1, 0.15) is 42.4 Å². The molecule has 0 saturated carbocycles. The molecular weight excluding hydrogens is 381 g/mol. The largest absolute Gasteiger partial charge is 0.356 e. The zero-order valence-corrected chi connectivity index (χ0v) is 16.3. The van der Waals surface area contributed by atoms with Gasteiger partial charge in [-0.25, -0.2) is 14.1 Å². The number of hydrogen-bond acceptors (Lipinski definition) is 5. The zero-order chi connectivity index (χ0) is 19.8. The minimum absolute atomic E-state index is 0.157. The molecule has 0 bridgehead atoms. The highest BCUT2D eigenvalue weighted by molar-refractivity contribution is 6.33. The summed E-state index contributed by atoms with van der Waals surface area (Å²) in [6.45, 7) is 4.10. The van der Waals surface area contributed by atoms with Crippen molar-refractivity contribution in [2.45, 2.75) is 39.3 Å². The molecule has 6 nitrogen and oxygen atoms in total. The maximum Gasteiger partial charge on any atom is 0.165 e. The second-order valence-electron chi connectivity index (χ2n) is 6.91. The first-order valence-electron chi connectivity index (χ1n) is 9.11. The highest BCUT2D eigenvalue weighted by Crippen LogP contribution is 2.37. The van der Waals surface area contributed by atoms with Gasteiger partial charge in [0.2, 0.25) is 0 Å². The molecule has 2 aromatic heterocycles. The van der Waals surface area contributed by atoms with Crippen molar-refractivity contribution in [1.29, 1.82) is 5.26 Å². The van der Waals surface area contributed by atoms with Crippen LogP contribution in [0.4, 0.5) is 15.8 Å². The van der Waals surface area contributed by atoms with E-state index in [4.69, 9.17) is 16.3 Å². The van der Waals surface area contributed by atoms with Crippen LogP contribution in [-0.2, 0) is 4.74 Å². The van der Waals surface area contributed by atoms with Gasteiger partial charge in [0.1, 0.15) is 11.9 Å². The summed E-state index contributed by atoms with van der Waals surface area (Å²) in [4.78, 5) is 4.22. The first kappa shape index (κ1) is 18.7. The molecular formula is C20H19ClFN5O. The molecule has 0 spiro atoms. The fraction of sp³-hybridized carbons (Fsp3) is 0.350. The number of benzene rings is 1. The highest BCUT2D eigenvalue weighted by atomic mass is 35.5. The molecule has 1 aromatic carbocycles. The maximum absolute atomic E-state index is 14.7. The number of hydrogen-bond donors (Lipinski definition) is 1. The summed E-state index contributed by atoms with van der Waals surface area (Å²) < 4.78 is 22.3. The number of nitrogens with one attached hydrogen (secondary N) is 1. The summed E-state index contributed by atoms with van der Waals surface area (Å²) in [6, 6.07) is 5.18. The SMILES string of the molecule is Cc1cc(Cl)c(Nc2c(C)c(F)cc3c2cnn3C2CCCCO2)c(C#N)n1. The Bertz CT molecular complexity index is 1100. The lowest BCUT2D eigenvalue weighted by Gasteiger charge is -2.23. The van der Waals surface area contributed by atoms with Gasteiger partial charge in [-0.3, -0.25) is 0 Å². The second kappa shape index (κ2) is 7.38. The Balaban J connectivity index is 1.85. The van der Waals surface area contributed by atoms with E-state index in [1.807, 2.05) is 6.07 Å². The van der Waals surface area contributed by atoms with Crippen molar-refractivity contribution in [2.75, 3.05) is 11.9 Å². The highest BCUT2D eigenvalue weighted by Gasteiger charge is 2.22. The molecule has 1 aliphatic rings. The van der Waals surface area contributed by atoms with Gasteiger partial charge in [-0.1, -0.05) is 11.6 Å². The number of aryl methyl sites for hydroxylation is 1. The summed E-state index contributed by atoms with van der Waals surface area (Å²) >= 11 is 6.35. The average molecular weight is 400 g/mol. The van der Waals surface area contributed by atoms with Gasteiger partial charge in [-0.15, -0.1) is 0 Å². The number of aromatic nitrogens is 3. The molecule has 0 aliphatic carbocycles. The van der Waals surface area contributed by atoms with Gasteiger partial charge in [-0.2, -0.15) is 10.4 Å². The number of anilines is 2. The second-order valence-corrected chi connectivity index (χ2v) is 7.31. The molecule has 0 amide bonds. The first-order valence-corrected chi connectivity index (χ1v) is 9.49. The van der Waals surface area contributed by atoms with Crippen molar-refractivity contribution in [3.05, 3.63) is 46.1 Å². The number of pyridine rings is 1. The zero-order valence-electron chi connectivity index (χ0n) is 15.6. The Morgan fingerprint density at radius 3 is 2.86 bits per heavy atom. The molecule has 1 fully saturated rings. The molecule has 1 N–H and O–H groups in total. The van der Waals surface area contributed by atoms with Crippen LogP contribution in [0.5, 0.6) is 0 Å². The average Bonchev–Trinajstić information content (AvgIpc) is 3.10. The lowest BCUT2D eigenvalue weighted by Crippen LogP contribution is -2.19. The summed E-state index contributed by atoms with van der Waals surface area (Å²) in [6.07, 6.45) is 4.37. The Morgan fingerprint density at radius 1 is 1.32 bits per heavy atom. The van der Waals surface area contributed by atoms with E-state index in [-0.39, 0.29) is 17.7 Å². The van der Waals surface area contributed by atoms with E-state index in [0.29, 0.717) is 39.8 Å². The minimum atomic E-state index is -0.373. The van der Waals surface area contributed by atoms with Crippen LogP contribution < -0.4 is 5.32 Å². The van der Waals surface area contributed by atoms with E-state index in [1.165, 1.54) is 6.07 Å². The van der Waals surface area contributed by atoms with Crippen LogP contribution in [0.2, 0.25) is 5.02 Å². The predicted molar refractivity (Wildman–Crippen MR) is 105 cm³/mol. The van der Waals surface area contributed by atoms with E-state index in [2.05, 4.69) is 15.4 Å². The lowest BCUT2D eigenvalue weighted by atomic mass is 10.1. The molecule has 8 heteroatoms.